The highest BCUT2D eigenvalue weighted by Gasteiger charge is 2.32. The number of ether oxygens (including phenoxy) is 1. The van der Waals surface area contributed by atoms with Gasteiger partial charge in [-0.1, -0.05) is 24.3 Å². The van der Waals surface area contributed by atoms with Crippen molar-refractivity contribution in [3.63, 3.8) is 0 Å². The Morgan fingerprint density at radius 3 is 2.63 bits per heavy atom. The Morgan fingerprint density at radius 2 is 1.96 bits per heavy atom. The third-order valence-corrected chi connectivity index (χ3v) is 6.32. The van der Waals surface area contributed by atoms with Crippen LogP contribution in [-0.2, 0) is 14.8 Å². The molecule has 0 aromatic heterocycles. The molecule has 2 aromatic rings. The number of para-hydroxylation sites is 1. The van der Waals surface area contributed by atoms with Gasteiger partial charge in [-0.3, -0.25) is 9.10 Å². The molecule has 0 aliphatic carbocycles. The van der Waals surface area contributed by atoms with E-state index in [1.54, 1.807) is 30.3 Å². The van der Waals surface area contributed by atoms with Crippen molar-refractivity contribution in [1.29, 1.82) is 0 Å². The van der Waals surface area contributed by atoms with Crippen LogP contribution in [0.15, 0.2) is 59.5 Å². The van der Waals surface area contributed by atoms with E-state index in [0.29, 0.717) is 18.7 Å². The van der Waals surface area contributed by atoms with Crippen molar-refractivity contribution in [2.75, 3.05) is 31.1 Å². The molecule has 1 heterocycles. The normalized spacial score (nSPS) is 19.6. The van der Waals surface area contributed by atoms with Crippen molar-refractivity contribution >= 4 is 21.6 Å². The maximum Gasteiger partial charge on any atom is 0.264 e. The second-order valence-electron chi connectivity index (χ2n) is 6.55. The van der Waals surface area contributed by atoms with Crippen LogP contribution in [0.2, 0.25) is 0 Å². The van der Waals surface area contributed by atoms with Gasteiger partial charge in [-0.15, -0.1) is 0 Å². The number of nitrogens with zero attached hydrogens (tertiary/aromatic N) is 1. The fourth-order valence-corrected chi connectivity index (χ4v) is 4.06. The highest BCUT2D eigenvalue weighted by atomic mass is 32.2. The van der Waals surface area contributed by atoms with Crippen molar-refractivity contribution in [2.45, 2.75) is 16.9 Å². The van der Waals surface area contributed by atoms with Gasteiger partial charge >= 0.3 is 0 Å². The van der Waals surface area contributed by atoms with Gasteiger partial charge in [0, 0.05) is 32.2 Å². The van der Waals surface area contributed by atoms with E-state index in [0.717, 1.165) is 0 Å². The van der Waals surface area contributed by atoms with Gasteiger partial charge in [0.1, 0.15) is 5.60 Å². The van der Waals surface area contributed by atoms with Gasteiger partial charge in [0.25, 0.3) is 15.9 Å². The van der Waals surface area contributed by atoms with E-state index in [2.05, 4.69) is 5.32 Å². The number of benzene rings is 2. The van der Waals surface area contributed by atoms with E-state index in [1.807, 2.05) is 0 Å². The molecule has 1 aliphatic heterocycles. The van der Waals surface area contributed by atoms with Gasteiger partial charge < -0.3 is 15.2 Å². The molecule has 2 N–H and O–H groups in total. The van der Waals surface area contributed by atoms with E-state index in [4.69, 9.17) is 4.74 Å². The standard InChI is InChI=1S/C19H22N2O5S/c1-21(16-7-3-2-4-8-16)27(24,25)17-9-5-6-15(12-17)18(22)20-13-19(23)10-11-26-14-19/h2-9,12,23H,10-11,13-14H2,1H3,(H,20,22)/t19-/m1/s1. The third-order valence-electron chi connectivity index (χ3n) is 4.53. The fraction of sp³-hybridized carbons (Fsp3) is 0.316. The summed E-state index contributed by atoms with van der Waals surface area (Å²) in [6.07, 6.45) is 0.448. The van der Waals surface area contributed by atoms with Crippen LogP contribution in [0.25, 0.3) is 0 Å². The van der Waals surface area contributed by atoms with Crippen molar-refractivity contribution in [3.05, 3.63) is 60.2 Å². The molecule has 27 heavy (non-hydrogen) atoms. The summed E-state index contributed by atoms with van der Waals surface area (Å²) in [6.45, 7) is 0.669. The number of aliphatic hydroxyl groups is 1. The van der Waals surface area contributed by atoms with E-state index < -0.39 is 21.5 Å². The van der Waals surface area contributed by atoms with Gasteiger partial charge in [-0.05, 0) is 30.3 Å². The Balaban J connectivity index is 1.77. The van der Waals surface area contributed by atoms with Gasteiger partial charge in [0.15, 0.2) is 0 Å². The van der Waals surface area contributed by atoms with Crippen LogP contribution in [0.5, 0.6) is 0 Å². The van der Waals surface area contributed by atoms with Crippen LogP contribution in [0.4, 0.5) is 5.69 Å². The quantitative estimate of drug-likeness (QED) is 0.777. The average Bonchev–Trinajstić information content (AvgIpc) is 3.13. The Kier molecular flexibility index (Phi) is 5.50. The predicted molar refractivity (Wildman–Crippen MR) is 101 cm³/mol. The van der Waals surface area contributed by atoms with Gasteiger partial charge in [-0.25, -0.2) is 8.42 Å². The number of nitrogens with one attached hydrogen (secondary N) is 1. The molecule has 1 amide bonds. The Hall–Kier alpha value is -2.42. The average molecular weight is 390 g/mol. The molecule has 0 bridgehead atoms. The Morgan fingerprint density at radius 1 is 1.22 bits per heavy atom. The molecule has 144 valence electrons. The van der Waals surface area contributed by atoms with E-state index in [9.17, 15) is 18.3 Å². The lowest BCUT2D eigenvalue weighted by molar-refractivity contribution is 0.0264. The molecular weight excluding hydrogens is 368 g/mol. The number of hydrogen-bond acceptors (Lipinski definition) is 5. The summed E-state index contributed by atoms with van der Waals surface area (Å²) in [5.41, 5.74) is -0.344. The molecule has 7 nitrogen and oxygen atoms in total. The monoisotopic (exact) mass is 390 g/mol. The zero-order chi connectivity index (χ0) is 19.5. The van der Waals surface area contributed by atoms with Crippen molar-refractivity contribution < 1.29 is 23.1 Å². The predicted octanol–water partition coefficient (Wildman–Crippen LogP) is 1.39. The molecule has 0 radical (unpaired) electrons. The third kappa shape index (κ3) is 4.29. The fourth-order valence-electron chi connectivity index (χ4n) is 2.82. The zero-order valence-corrected chi connectivity index (χ0v) is 15.8. The summed E-state index contributed by atoms with van der Waals surface area (Å²) < 4.78 is 32.0. The molecule has 0 spiro atoms. The second-order valence-corrected chi connectivity index (χ2v) is 8.51. The minimum atomic E-state index is -3.81. The minimum absolute atomic E-state index is 0.0180. The molecule has 2 aromatic carbocycles. The first kappa shape index (κ1) is 19.3. The van der Waals surface area contributed by atoms with Gasteiger partial charge in [0.2, 0.25) is 0 Å². The molecular formula is C19H22N2O5S. The number of anilines is 1. The number of rotatable bonds is 6. The molecule has 3 rings (SSSR count). The molecule has 1 aliphatic rings. The summed E-state index contributed by atoms with van der Waals surface area (Å²) >= 11 is 0. The summed E-state index contributed by atoms with van der Waals surface area (Å²) in [7, 11) is -2.34. The van der Waals surface area contributed by atoms with E-state index in [-0.39, 0.29) is 23.6 Å². The van der Waals surface area contributed by atoms with E-state index in [1.165, 1.54) is 35.6 Å². The topological polar surface area (TPSA) is 95.9 Å². The lowest BCUT2D eigenvalue weighted by atomic mass is 10.0. The van der Waals surface area contributed by atoms with Crippen molar-refractivity contribution in [2.24, 2.45) is 0 Å². The smallest absolute Gasteiger partial charge is 0.264 e. The Bertz CT molecular complexity index is 909. The number of hydrogen-bond donors (Lipinski definition) is 2. The van der Waals surface area contributed by atoms with Crippen LogP contribution < -0.4 is 9.62 Å². The number of carbonyl (C=O) groups excluding carboxylic acids is 1. The second kappa shape index (κ2) is 7.67. The van der Waals surface area contributed by atoms with Gasteiger partial charge in [-0.2, -0.15) is 0 Å². The molecule has 1 saturated heterocycles. The summed E-state index contributed by atoms with van der Waals surface area (Å²) in [5.74, 6) is -0.449. The zero-order valence-electron chi connectivity index (χ0n) is 15.0. The summed E-state index contributed by atoms with van der Waals surface area (Å²) in [4.78, 5) is 12.4. The first-order valence-corrected chi connectivity index (χ1v) is 9.98. The van der Waals surface area contributed by atoms with Crippen LogP contribution in [0.3, 0.4) is 0 Å². The van der Waals surface area contributed by atoms with E-state index >= 15 is 0 Å². The van der Waals surface area contributed by atoms with Crippen LogP contribution >= 0.6 is 0 Å². The van der Waals surface area contributed by atoms with Crippen LogP contribution in [0, 0.1) is 0 Å². The summed E-state index contributed by atoms with van der Waals surface area (Å²) in [6, 6.07) is 14.5. The lowest BCUT2D eigenvalue weighted by Crippen LogP contribution is -2.43. The summed E-state index contributed by atoms with van der Waals surface area (Å²) in [5, 5.41) is 12.9. The molecule has 0 unspecified atom stereocenters. The number of carbonyl (C=O) groups is 1. The van der Waals surface area contributed by atoms with Gasteiger partial charge in [0.05, 0.1) is 17.2 Å². The largest absolute Gasteiger partial charge is 0.386 e. The molecule has 8 heteroatoms. The van der Waals surface area contributed by atoms with Crippen molar-refractivity contribution in [1.82, 2.24) is 5.32 Å². The van der Waals surface area contributed by atoms with Crippen LogP contribution in [-0.4, -0.2) is 51.8 Å². The SMILES string of the molecule is CN(c1ccccc1)S(=O)(=O)c1cccc(C(=O)NC[C@]2(O)CCOC2)c1. The maximum absolute atomic E-state index is 12.9. The number of amides is 1. The first-order valence-electron chi connectivity index (χ1n) is 8.54. The maximum atomic E-state index is 12.9. The number of sulfonamides is 1. The highest BCUT2D eigenvalue weighted by Crippen LogP contribution is 2.22. The molecule has 1 fully saturated rings. The first-order chi connectivity index (χ1) is 12.8. The molecule has 1 atom stereocenters. The minimum Gasteiger partial charge on any atom is -0.386 e. The van der Waals surface area contributed by atoms with Crippen molar-refractivity contribution in [3.8, 4) is 0 Å². The van der Waals surface area contributed by atoms with Crippen LogP contribution in [0.1, 0.15) is 16.8 Å². The Labute approximate surface area is 158 Å². The highest BCUT2D eigenvalue weighted by molar-refractivity contribution is 7.92. The lowest BCUT2D eigenvalue weighted by Gasteiger charge is -2.21. The molecule has 0 saturated carbocycles.